The molecule has 0 bridgehead atoms. The van der Waals surface area contributed by atoms with Gasteiger partial charge in [0.05, 0.1) is 11.6 Å². The topological polar surface area (TPSA) is 61.1 Å². The molecule has 200 valence electrons. The number of ketones is 1. The maximum atomic E-state index is 13.4. The smallest absolute Gasteiger partial charge is 0.156 e. The molecule has 0 heterocycles. The molecule has 0 aromatic rings. The van der Waals surface area contributed by atoms with Crippen molar-refractivity contribution in [3.8, 4) is 6.07 Å². The molecular weight excluding hydrogens is 442 g/mol. The molecule has 0 amide bonds. The van der Waals surface area contributed by atoms with E-state index in [0.717, 1.165) is 19.3 Å². The van der Waals surface area contributed by atoms with Crippen LogP contribution in [0.5, 0.6) is 0 Å². The predicted molar refractivity (Wildman–Crippen MR) is 147 cm³/mol. The van der Waals surface area contributed by atoms with Crippen molar-refractivity contribution >= 4 is 5.78 Å². The number of carbonyl (C=O) groups is 1. The van der Waals surface area contributed by atoms with Crippen LogP contribution < -0.4 is 0 Å². The van der Waals surface area contributed by atoms with E-state index in [0.29, 0.717) is 35.2 Å². The summed E-state index contributed by atoms with van der Waals surface area (Å²) in [7, 11) is 0. The number of carbonyl (C=O) groups excluding carboxylic acids is 1. The molecule has 4 aliphatic carbocycles. The van der Waals surface area contributed by atoms with Gasteiger partial charge in [0.25, 0.3) is 0 Å². The number of rotatable bonds is 4. The summed E-state index contributed by atoms with van der Waals surface area (Å²) < 4.78 is 0. The standard InChI is InChI=1S/C33H51NO2/c1-10-33(15-13-28(3,4)18-22(33)2)16-14-30(7)20-24(35)17-26-31(8)19-23(21-34)27(36)29(5,6)25(31)11-12-32(26,30)9/h17,22,25,36H,10-16,18-20H2,1-9H3/t22?,25-,30+,31-,32+,33+/m0/s1. The van der Waals surface area contributed by atoms with Crippen LogP contribution >= 0.6 is 0 Å². The van der Waals surface area contributed by atoms with Crippen molar-refractivity contribution in [2.45, 2.75) is 127 Å². The van der Waals surface area contributed by atoms with Gasteiger partial charge in [-0.3, -0.25) is 4.79 Å². The molecule has 0 aliphatic heterocycles. The Morgan fingerprint density at radius 3 is 2.28 bits per heavy atom. The quantitative estimate of drug-likeness (QED) is 0.425. The molecule has 6 atom stereocenters. The molecule has 2 fully saturated rings. The van der Waals surface area contributed by atoms with Crippen LogP contribution in [0.4, 0.5) is 0 Å². The van der Waals surface area contributed by atoms with Crippen LogP contribution in [-0.4, -0.2) is 10.9 Å². The number of aliphatic hydroxyl groups is 1. The maximum Gasteiger partial charge on any atom is 0.156 e. The number of fused-ring (bicyclic) bond motifs is 3. The van der Waals surface area contributed by atoms with Gasteiger partial charge in [-0.2, -0.15) is 5.26 Å². The van der Waals surface area contributed by atoms with Crippen LogP contribution in [0.2, 0.25) is 0 Å². The first-order chi connectivity index (χ1) is 16.5. The van der Waals surface area contributed by atoms with E-state index < -0.39 is 5.41 Å². The highest BCUT2D eigenvalue weighted by Crippen LogP contribution is 2.71. The summed E-state index contributed by atoms with van der Waals surface area (Å²) in [4.78, 5) is 13.4. The first-order valence-electron chi connectivity index (χ1n) is 14.6. The van der Waals surface area contributed by atoms with E-state index in [1.807, 2.05) is 6.08 Å². The normalized spacial score (nSPS) is 43.8. The second kappa shape index (κ2) is 8.47. The molecule has 0 aromatic heterocycles. The van der Waals surface area contributed by atoms with E-state index in [-0.39, 0.29) is 33.7 Å². The van der Waals surface area contributed by atoms with Crippen LogP contribution in [0.1, 0.15) is 127 Å². The monoisotopic (exact) mass is 493 g/mol. The zero-order valence-electron chi connectivity index (χ0n) is 24.6. The second-order valence-electron chi connectivity index (χ2n) is 15.4. The summed E-state index contributed by atoms with van der Waals surface area (Å²) in [6.07, 6.45) is 12.6. The predicted octanol–water partition coefficient (Wildman–Crippen LogP) is 9.10. The molecule has 1 N–H and O–H groups in total. The number of allylic oxidation sites excluding steroid dienone is 4. The van der Waals surface area contributed by atoms with E-state index in [2.05, 4.69) is 68.4 Å². The zero-order chi connectivity index (χ0) is 26.9. The Bertz CT molecular complexity index is 1040. The summed E-state index contributed by atoms with van der Waals surface area (Å²) in [5.41, 5.74) is 1.68. The van der Waals surface area contributed by atoms with Crippen molar-refractivity contribution in [3.63, 3.8) is 0 Å². The minimum absolute atomic E-state index is 0.0676. The Morgan fingerprint density at radius 2 is 1.69 bits per heavy atom. The van der Waals surface area contributed by atoms with Gasteiger partial charge in [0.2, 0.25) is 0 Å². The Kier molecular flexibility index (Phi) is 6.47. The van der Waals surface area contributed by atoms with Crippen LogP contribution in [0.15, 0.2) is 23.0 Å². The lowest BCUT2D eigenvalue weighted by molar-refractivity contribution is -0.125. The third-order valence-electron chi connectivity index (χ3n) is 12.6. The molecule has 4 rings (SSSR count). The molecule has 3 nitrogen and oxygen atoms in total. The molecule has 2 saturated carbocycles. The third kappa shape index (κ3) is 3.84. The molecule has 3 heteroatoms. The maximum absolute atomic E-state index is 13.4. The molecular formula is C33H51NO2. The molecule has 4 aliphatic rings. The summed E-state index contributed by atoms with van der Waals surface area (Å²) in [5, 5.41) is 20.9. The number of aliphatic hydroxyl groups excluding tert-OH is 1. The number of nitrogens with zero attached hydrogens (tertiary/aromatic N) is 1. The number of nitriles is 1. The highest BCUT2D eigenvalue weighted by Gasteiger charge is 2.63. The number of hydrogen-bond donors (Lipinski definition) is 1. The molecule has 0 spiro atoms. The lowest BCUT2D eigenvalue weighted by atomic mass is 9.39. The summed E-state index contributed by atoms with van der Waals surface area (Å²) in [6, 6.07) is 2.32. The van der Waals surface area contributed by atoms with Crippen LogP contribution in [0.25, 0.3) is 0 Å². The van der Waals surface area contributed by atoms with E-state index in [1.165, 1.54) is 37.7 Å². The Hall–Kier alpha value is -1.56. The van der Waals surface area contributed by atoms with Crippen molar-refractivity contribution in [3.05, 3.63) is 23.0 Å². The zero-order valence-corrected chi connectivity index (χ0v) is 24.6. The van der Waals surface area contributed by atoms with E-state index in [9.17, 15) is 15.2 Å². The van der Waals surface area contributed by atoms with Crippen LogP contribution in [0, 0.1) is 55.7 Å². The van der Waals surface area contributed by atoms with Gasteiger partial charge in [-0.15, -0.1) is 0 Å². The lowest BCUT2D eigenvalue weighted by Crippen LogP contribution is -2.57. The summed E-state index contributed by atoms with van der Waals surface area (Å²) >= 11 is 0. The third-order valence-corrected chi connectivity index (χ3v) is 12.6. The van der Waals surface area contributed by atoms with Crippen molar-refractivity contribution < 1.29 is 9.90 Å². The van der Waals surface area contributed by atoms with Gasteiger partial charge in [-0.1, -0.05) is 74.3 Å². The fraction of sp³-hybridized carbons (Fsp3) is 0.818. The van der Waals surface area contributed by atoms with Crippen molar-refractivity contribution in [2.75, 3.05) is 0 Å². The first kappa shape index (κ1) is 27.5. The van der Waals surface area contributed by atoms with Crippen LogP contribution in [-0.2, 0) is 4.79 Å². The first-order valence-corrected chi connectivity index (χ1v) is 14.6. The van der Waals surface area contributed by atoms with E-state index >= 15 is 0 Å². The van der Waals surface area contributed by atoms with Gasteiger partial charge in [-0.25, -0.2) is 0 Å². The Balaban J connectivity index is 1.70. The lowest BCUT2D eigenvalue weighted by Gasteiger charge is -2.64. The van der Waals surface area contributed by atoms with Gasteiger partial charge in [-0.05, 0) is 96.4 Å². The molecule has 0 aromatic carbocycles. The highest BCUT2D eigenvalue weighted by molar-refractivity contribution is 5.93. The van der Waals surface area contributed by atoms with Crippen molar-refractivity contribution in [2.24, 2.45) is 44.3 Å². The second-order valence-corrected chi connectivity index (χ2v) is 15.4. The highest BCUT2D eigenvalue weighted by atomic mass is 16.3. The van der Waals surface area contributed by atoms with Gasteiger partial charge in [0.15, 0.2) is 5.78 Å². The molecule has 1 unspecified atom stereocenters. The molecule has 36 heavy (non-hydrogen) atoms. The van der Waals surface area contributed by atoms with Gasteiger partial charge < -0.3 is 5.11 Å². The number of hydrogen-bond acceptors (Lipinski definition) is 3. The van der Waals surface area contributed by atoms with E-state index in [4.69, 9.17) is 0 Å². The van der Waals surface area contributed by atoms with Crippen molar-refractivity contribution in [1.82, 2.24) is 0 Å². The molecule has 0 radical (unpaired) electrons. The molecule has 0 saturated heterocycles. The van der Waals surface area contributed by atoms with Gasteiger partial charge in [0.1, 0.15) is 5.76 Å². The van der Waals surface area contributed by atoms with Crippen LogP contribution in [0.3, 0.4) is 0 Å². The SMILES string of the molecule is CC[C@]1(CC[C@]2(C)CC(=O)C=C3[C@@]4(C)CC(C#N)=C(O)C(C)(C)[C@@H]4CC[C@]32C)CCC(C)(C)CC1C. The average Bonchev–Trinajstić information content (AvgIpc) is 2.77. The van der Waals surface area contributed by atoms with Gasteiger partial charge >= 0.3 is 0 Å². The summed E-state index contributed by atoms with van der Waals surface area (Å²) in [6.45, 7) is 21.0. The van der Waals surface area contributed by atoms with E-state index in [1.54, 1.807) is 0 Å². The van der Waals surface area contributed by atoms with Gasteiger partial charge in [0, 0.05) is 11.8 Å². The minimum Gasteiger partial charge on any atom is -0.511 e. The summed E-state index contributed by atoms with van der Waals surface area (Å²) in [5.74, 6) is 1.45. The largest absolute Gasteiger partial charge is 0.511 e. The Labute approximate surface area is 220 Å². The fourth-order valence-corrected chi connectivity index (χ4v) is 9.86. The average molecular weight is 494 g/mol. The fourth-order valence-electron chi connectivity index (χ4n) is 9.86. The minimum atomic E-state index is -0.465. The van der Waals surface area contributed by atoms with Crippen molar-refractivity contribution in [1.29, 1.82) is 5.26 Å². The Morgan fingerprint density at radius 1 is 1.03 bits per heavy atom.